The van der Waals surface area contributed by atoms with Gasteiger partial charge >= 0.3 is 0 Å². The molecule has 0 radical (unpaired) electrons. The van der Waals surface area contributed by atoms with E-state index in [9.17, 15) is 10.1 Å². The standard InChI is InChI=1S/C15H13N7O2S/c1-10-5-11(2)20-15(19-10)25-14-4-3-13(22(23)24)6-12(14)7-18-21-8-16-17-9-21/h3-9H,1-2H3/b18-7+. The third-order valence-corrected chi connectivity index (χ3v) is 4.06. The number of aromatic nitrogens is 5. The zero-order chi connectivity index (χ0) is 17.8. The number of aryl methyl sites for hydroxylation is 2. The van der Waals surface area contributed by atoms with Gasteiger partial charge in [-0.1, -0.05) is 0 Å². The van der Waals surface area contributed by atoms with Crippen molar-refractivity contribution in [2.75, 3.05) is 0 Å². The van der Waals surface area contributed by atoms with E-state index in [4.69, 9.17) is 0 Å². The van der Waals surface area contributed by atoms with Crippen molar-refractivity contribution in [2.45, 2.75) is 23.9 Å². The topological polar surface area (TPSA) is 112 Å². The number of non-ortho nitro benzene ring substituents is 1. The van der Waals surface area contributed by atoms with Crippen molar-refractivity contribution in [1.29, 1.82) is 0 Å². The summed E-state index contributed by atoms with van der Waals surface area (Å²) in [4.78, 5) is 20.1. The number of nitro groups is 1. The van der Waals surface area contributed by atoms with Gasteiger partial charge in [0.2, 0.25) is 0 Å². The summed E-state index contributed by atoms with van der Waals surface area (Å²) in [6, 6.07) is 6.45. The second-order valence-electron chi connectivity index (χ2n) is 5.10. The molecule has 1 aromatic carbocycles. The van der Waals surface area contributed by atoms with E-state index in [1.165, 1.54) is 47.4 Å². The van der Waals surface area contributed by atoms with Gasteiger partial charge < -0.3 is 0 Å². The summed E-state index contributed by atoms with van der Waals surface area (Å²) in [5.41, 5.74) is 2.28. The lowest BCUT2D eigenvalue weighted by Crippen LogP contribution is -1.96. The fraction of sp³-hybridized carbons (Fsp3) is 0.133. The first-order valence-electron chi connectivity index (χ1n) is 7.19. The number of hydrogen-bond donors (Lipinski definition) is 0. The van der Waals surface area contributed by atoms with E-state index < -0.39 is 4.92 Å². The Morgan fingerprint density at radius 2 is 1.84 bits per heavy atom. The lowest BCUT2D eigenvalue weighted by Gasteiger charge is -2.06. The SMILES string of the molecule is Cc1cc(C)nc(Sc2ccc([N+](=O)[O-])cc2/C=N/n2cnnc2)n1. The number of nitrogens with zero attached hydrogens (tertiary/aromatic N) is 7. The maximum absolute atomic E-state index is 11.0. The monoisotopic (exact) mass is 355 g/mol. The normalized spacial score (nSPS) is 11.1. The van der Waals surface area contributed by atoms with Crippen molar-refractivity contribution in [3.63, 3.8) is 0 Å². The highest BCUT2D eigenvalue weighted by molar-refractivity contribution is 7.99. The van der Waals surface area contributed by atoms with Crippen LogP contribution < -0.4 is 0 Å². The lowest BCUT2D eigenvalue weighted by atomic mass is 10.2. The van der Waals surface area contributed by atoms with Crippen LogP contribution in [0.2, 0.25) is 0 Å². The van der Waals surface area contributed by atoms with Crippen LogP contribution >= 0.6 is 11.8 Å². The van der Waals surface area contributed by atoms with E-state index in [2.05, 4.69) is 25.3 Å². The predicted molar refractivity (Wildman–Crippen MR) is 91.7 cm³/mol. The van der Waals surface area contributed by atoms with Crippen LogP contribution in [0.25, 0.3) is 0 Å². The molecule has 0 fully saturated rings. The van der Waals surface area contributed by atoms with Gasteiger partial charge in [-0.3, -0.25) is 10.1 Å². The highest BCUT2D eigenvalue weighted by Crippen LogP contribution is 2.30. The van der Waals surface area contributed by atoms with Crippen molar-refractivity contribution in [3.05, 3.63) is 64.0 Å². The predicted octanol–water partition coefficient (Wildman–Crippen LogP) is 2.63. The lowest BCUT2D eigenvalue weighted by molar-refractivity contribution is -0.384. The second kappa shape index (κ2) is 7.18. The molecule has 0 saturated carbocycles. The molecule has 0 N–H and O–H groups in total. The van der Waals surface area contributed by atoms with Gasteiger partial charge in [-0.05, 0) is 37.7 Å². The van der Waals surface area contributed by atoms with E-state index in [1.54, 1.807) is 6.07 Å². The number of rotatable bonds is 5. The number of nitro benzene ring substituents is 1. The Labute approximate surface area is 147 Å². The molecule has 0 amide bonds. The van der Waals surface area contributed by atoms with Crippen molar-refractivity contribution in [2.24, 2.45) is 5.10 Å². The van der Waals surface area contributed by atoms with Crippen molar-refractivity contribution < 1.29 is 4.92 Å². The molecular weight excluding hydrogens is 342 g/mol. The molecule has 3 aromatic rings. The highest BCUT2D eigenvalue weighted by atomic mass is 32.2. The quantitative estimate of drug-likeness (QED) is 0.299. The van der Waals surface area contributed by atoms with E-state index in [0.29, 0.717) is 10.7 Å². The van der Waals surface area contributed by atoms with Gasteiger partial charge in [0.15, 0.2) is 5.16 Å². The minimum Gasteiger partial charge on any atom is -0.258 e. The van der Waals surface area contributed by atoms with Crippen LogP contribution in [0.1, 0.15) is 17.0 Å². The summed E-state index contributed by atoms with van der Waals surface area (Å²) in [5.74, 6) is 0. The summed E-state index contributed by atoms with van der Waals surface area (Å²) >= 11 is 1.32. The van der Waals surface area contributed by atoms with Crippen LogP contribution in [0.15, 0.2) is 52.1 Å². The first kappa shape index (κ1) is 16.7. The van der Waals surface area contributed by atoms with Crippen LogP contribution in [0.3, 0.4) is 0 Å². The fourth-order valence-corrected chi connectivity index (χ4v) is 3.01. The van der Waals surface area contributed by atoms with Crippen molar-refractivity contribution >= 4 is 23.7 Å². The Hall–Kier alpha value is -3.14. The molecule has 126 valence electrons. The van der Waals surface area contributed by atoms with Crippen LogP contribution in [-0.2, 0) is 0 Å². The molecule has 0 atom stereocenters. The summed E-state index contributed by atoms with van der Waals surface area (Å²) < 4.78 is 1.40. The van der Waals surface area contributed by atoms with E-state index in [1.807, 2.05) is 19.9 Å². The third kappa shape index (κ3) is 4.23. The first-order chi connectivity index (χ1) is 12.0. The smallest absolute Gasteiger partial charge is 0.258 e. The van der Waals surface area contributed by atoms with Crippen LogP contribution in [0, 0.1) is 24.0 Å². The van der Waals surface area contributed by atoms with Gasteiger partial charge in [-0.15, -0.1) is 10.2 Å². The van der Waals surface area contributed by atoms with Crippen molar-refractivity contribution in [3.8, 4) is 0 Å². The molecule has 3 rings (SSSR count). The molecular formula is C15H13N7O2S. The third-order valence-electron chi connectivity index (χ3n) is 3.10. The van der Waals surface area contributed by atoms with Gasteiger partial charge in [0.1, 0.15) is 12.7 Å². The Balaban J connectivity index is 1.98. The summed E-state index contributed by atoms with van der Waals surface area (Å²) in [5, 5.41) is 23.1. The van der Waals surface area contributed by atoms with Crippen LogP contribution in [0.5, 0.6) is 0 Å². The molecule has 9 nitrogen and oxygen atoms in total. The van der Waals surface area contributed by atoms with Gasteiger partial charge in [-0.25, -0.2) is 14.6 Å². The number of benzene rings is 1. The maximum atomic E-state index is 11.0. The zero-order valence-electron chi connectivity index (χ0n) is 13.4. The molecule has 0 aliphatic carbocycles. The molecule has 10 heteroatoms. The Morgan fingerprint density at radius 3 is 2.48 bits per heavy atom. The molecule has 0 aliphatic rings. The maximum Gasteiger partial charge on any atom is 0.270 e. The highest BCUT2D eigenvalue weighted by Gasteiger charge is 2.12. The molecule has 0 bridgehead atoms. The van der Waals surface area contributed by atoms with Gasteiger partial charge in [0, 0.05) is 34.0 Å². The van der Waals surface area contributed by atoms with Gasteiger partial charge in [0.25, 0.3) is 5.69 Å². The largest absolute Gasteiger partial charge is 0.270 e. The van der Waals surface area contributed by atoms with Crippen LogP contribution in [-0.4, -0.2) is 36.0 Å². The number of hydrogen-bond acceptors (Lipinski definition) is 8. The molecule has 0 spiro atoms. The minimum absolute atomic E-state index is 0.0177. The first-order valence-corrected chi connectivity index (χ1v) is 8.00. The average molecular weight is 355 g/mol. The molecule has 0 saturated heterocycles. The summed E-state index contributed by atoms with van der Waals surface area (Å²) in [6.45, 7) is 3.78. The fourth-order valence-electron chi connectivity index (χ4n) is 2.06. The molecule has 25 heavy (non-hydrogen) atoms. The van der Waals surface area contributed by atoms with E-state index in [-0.39, 0.29) is 5.69 Å². The van der Waals surface area contributed by atoms with Gasteiger partial charge in [0.05, 0.1) is 11.1 Å². The summed E-state index contributed by atoms with van der Waals surface area (Å²) in [6.07, 6.45) is 4.36. The van der Waals surface area contributed by atoms with E-state index in [0.717, 1.165) is 16.3 Å². The van der Waals surface area contributed by atoms with Gasteiger partial charge in [-0.2, -0.15) is 5.10 Å². The Bertz CT molecular complexity index is 921. The Kier molecular flexibility index (Phi) is 4.80. The molecule has 0 unspecified atom stereocenters. The van der Waals surface area contributed by atoms with Crippen LogP contribution in [0.4, 0.5) is 5.69 Å². The zero-order valence-corrected chi connectivity index (χ0v) is 14.2. The Morgan fingerprint density at radius 1 is 1.16 bits per heavy atom. The second-order valence-corrected chi connectivity index (χ2v) is 6.11. The summed E-state index contributed by atoms with van der Waals surface area (Å²) in [7, 11) is 0. The van der Waals surface area contributed by atoms with Crippen molar-refractivity contribution in [1.82, 2.24) is 24.8 Å². The van der Waals surface area contributed by atoms with E-state index >= 15 is 0 Å². The molecule has 2 aromatic heterocycles. The minimum atomic E-state index is -0.447. The molecule has 0 aliphatic heterocycles. The molecule has 2 heterocycles. The average Bonchev–Trinajstić information content (AvgIpc) is 3.06.